The third-order valence-electron chi connectivity index (χ3n) is 5.81. The average molecular weight is 327 g/mol. The number of ketones is 1. The third kappa shape index (κ3) is 2.78. The number of piperidine rings is 1. The first-order valence-corrected chi connectivity index (χ1v) is 9.04. The molecular formula is C18H25N5O. The van der Waals surface area contributed by atoms with E-state index in [1.54, 1.807) is 6.33 Å². The molecule has 0 unspecified atom stereocenters. The minimum absolute atomic E-state index is 0.455. The second-order valence-electron chi connectivity index (χ2n) is 7.34. The number of imidazole rings is 1. The number of Topliss-reactive ketones (excluding diaryl/α,β-unsaturated/α-hetero) is 1. The number of aromatic nitrogens is 4. The lowest BCUT2D eigenvalue weighted by Gasteiger charge is -2.37. The van der Waals surface area contributed by atoms with Gasteiger partial charge in [0.05, 0.1) is 12.0 Å². The van der Waals surface area contributed by atoms with Gasteiger partial charge in [-0.3, -0.25) is 4.79 Å². The van der Waals surface area contributed by atoms with Gasteiger partial charge in [0, 0.05) is 33.0 Å². The van der Waals surface area contributed by atoms with Crippen molar-refractivity contribution in [2.75, 3.05) is 18.0 Å². The van der Waals surface area contributed by atoms with Crippen molar-refractivity contribution in [3.63, 3.8) is 0 Å². The molecule has 0 amide bonds. The Balaban J connectivity index is 1.45. The van der Waals surface area contributed by atoms with Crippen LogP contribution in [0, 0.1) is 18.8 Å². The first-order chi connectivity index (χ1) is 11.6. The van der Waals surface area contributed by atoms with E-state index in [-0.39, 0.29) is 0 Å². The van der Waals surface area contributed by atoms with Gasteiger partial charge in [-0.2, -0.15) is 4.98 Å². The Hall–Kier alpha value is -1.98. The zero-order chi connectivity index (χ0) is 16.7. The normalized spacial score (nSPS) is 20.9. The fourth-order valence-corrected chi connectivity index (χ4v) is 4.39. The molecule has 0 bridgehead atoms. The van der Waals surface area contributed by atoms with E-state index in [1.807, 2.05) is 18.5 Å². The minimum atomic E-state index is 0.455. The minimum Gasteiger partial charge on any atom is -0.341 e. The number of rotatable bonds is 2. The van der Waals surface area contributed by atoms with E-state index in [0.717, 1.165) is 73.4 Å². The Morgan fingerprint density at radius 2 is 1.71 bits per heavy atom. The Bertz CT molecular complexity index is 750. The summed E-state index contributed by atoms with van der Waals surface area (Å²) < 4.78 is 1.98. The molecule has 2 aromatic rings. The summed E-state index contributed by atoms with van der Waals surface area (Å²) in [7, 11) is 1.98. The topological polar surface area (TPSA) is 63.9 Å². The summed E-state index contributed by atoms with van der Waals surface area (Å²) >= 11 is 0. The van der Waals surface area contributed by atoms with Crippen molar-refractivity contribution in [1.82, 2.24) is 19.5 Å². The Morgan fingerprint density at radius 3 is 2.42 bits per heavy atom. The fourth-order valence-electron chi connectivity index (χ4n) is 4.39. The van der Waals surface area contributed by atoms with Gasteiger partial charge in [-0.15, -0.1) is 0 Å². The molecule has 2 fully saturated rings. The fraction of sp³-hybridized carbons (Fsp3) is 0.667. The van der Waals surface area contributed by atoms with Crippen molar-refractivity contribution in [1.29, 1.82) is 0 Å². The van der Waals surface area contributed by atoms with Crippen LogP contribution < -0.4 is 4.90 Å². The van der Waals surface area contributed by atoms with E-state index < -0.39 is 0 Å². The van der Waals surface area contributed by atoms with Gasteiger partial charge in [0.1, 0.15) is 11.3 Å². The molecule has 24 heavy (non-hydrogen) atoms. The number of nitrogens with zero attached hydrogens (tertiary/aromatic N) is 5. The van der Waals surface area contributed by atoms with Crippen LogP contribution in [0.15, 0.2) is 6.33 Å². The molecule has 6 nitrogen and oxygen atoms in total. The van der Waals surface area contributed by atoms with Crippen molar-refractivity contribution < 1.29 is 4.79 Å². The maximum atomic E-state index is 11.4. The quantitative estimate of drug-likeness (QED) is 0.848. The molecular weight excluding hydrogens is 302 g/mol. The summed E-state index contributed by atoms with van der Waals surface area (Å²) in [4.78, 5) is 27.5. The van der Waals surface area contributed by atoms with E-state index in [4.69, 9.17) is 4.98 Å². The summed E-state index contributed by atoms with van der Waals surface area (Å²) in [5.74, 6) is 2.77. The summed E-state index contributed by atoms with van der Waals surface area (Å²) in [6, 6.07) is 0. The first kappa shape index (κ1) is 15.5. The van der Waals surface area contributed by atoms with Gasteiger partial charge in [-0.1, -0.05) is 0 Å². The van der Waals surface area contributed by atoms with E-state index in [1.165, 1.54) is 12.8 Å². The van der Waals surface area contributed by atoms with Crippen LogP contribution in [0.5, 0.6) is 0 Å². The second kappa shape index (κ2) is 6.15. The molecule has 6 heteroatoms. The number of carbonyl (C=O) groups is 1. The molecule has 0 N–H and O–H groups in total. The molecule has 0 radical (unpaired) electrons. The number of hydrogen-bond donors (Lipinski definition) is 0. The maximum absolute atomic E-state index is 11.4. The molecule has 1 aliphatic heterocycles. The summed E-state index contributed by atoms with van der Waals surface area (Å²) in [5, 5.41) is 0. The van der Waals surface area contributed by atoms with Crippen LogP contribution in [0.1, 0.15) is 44.2 Å². The monoisotopic (exact) mass is 327 g/mol. The predicted molar refractivity (Wildman–Crippen MR) is 92.9 cm³/mol. The summed E-state index contributed by atoms with van der Waals surface area (Å²) in [6.07, 6.45) is 7.95. The lowest BCUT2D eigenvalue weighted by atomic mass is 9.75. The van der Waals surface area contributed by atoms with Crippen LogP contribution in [0.2, 0.25) is 0 Å². The molecule has 3 heterocycles. The predicted octanol–water partition coefficient (Wildman–Crippen LogP) is 2.65. The number of fused-ring (bicyclic) bond motifs is 1. The molecule has 1 saturated carbocycles. The lowest BCUT2D eigenvalue weighted by Crippen LogP contribution is -2.38. The highest BCUT2D eigenvalue weighted by molar-refractivity contribution is 5.79. The van der Waals surface area contributed by atoms with Gasteiger partial charge >= 0.3 is 0 Å². The van der Waals surface area contributed by atoms with Crippen LogP contribution in [0.4, 0.5) is 5.95 Å². The van der Waals surface area contributed by atoms with Gasteiger partial charge in [0.2, 0.25) is 5.95 Å². The first-order valence-electron chi connectivity index (χ1n) is 9.04. The smallest absolute Gasteiger partial charge is 0.227 e. The second-order valence-corrected chi connectivity index (χ2v) is 7.34. The molecule has 0 atom stereocenters. The number of anilines is 1. The van der Waals surface area contributed by atoms with Gasteiger partial charge in [0.15, 0.2) is 5.65 Å². The summed E-state index contributed by atoms with van der Waals surface area (Å²) in [5.41, 5.74) is 2.79. The standard InChI is InChI=1S/C18H25N5O/c1-12-16-17(19-11-22(16)2)21-18(20-12)23-9-7-14(8-10-23)13-3-5-15(24)6-4-13/h11,13-14H,3-10H2,1-2H3. The van der Waals surface area contributed by atoms with Crippen LogP contribution in [0.3, 0.4) is 0 Å². The highest BCUT2D eigenvalue weighted by atomic mass is 16.1. The van der Waals surface area contributed by atoms with E-state index in [0.29, 0.717) is 5.78 Å². The van der Waals surface area contributed by atoms with Gasteiger partial charge in [-0.05, 0) is 44.4 Å². The maximum Gasteiger partial charge on any atom is 0.227 e. The number of carbonyl (C=O) groups excluding carboxylic acids is 1. The zero-order valence-corrected chi connectivity index (χ0v) is 14.5. The highest BCUT2D eigenvalue weighted by Gasteiger charge is 2.30. The average Bonchev–Trinajstić information content (AvgIpc) is 2.97. The van der Waals surface area contributed by atoms with Crippen molar-refractivity contribution in [2.45, 2.75) is 45.4 Å². The number of hydrogen-bond acceptors (Lipinski definition) is 5. The lowest BCUT2D eigenvalue weighted by molar-refractivity contribution is -0.121. The highest BCUT2D eigenvalue weighted by Crippen LogP contribution is 2.35. The molecule has 128 valence electrons. The van der Waals surface area contributed by atoms with E-state index >= 15 is 0 Å². The van der Waals surface area contributed by atoms with E-state index in [9.17, 15) is 4.79 Å². The third-order valence-corrected chi connectivity index (χ3v) is 5.81. The van der Waals surface area contributed by atoms with Crippen LogP contribution in [0.25, 0.3) is 11.2 Å². The molecule has 2 aromatic heterocycles. The van der Waals surface area contributed by atoms with Gasteiger partial charge in [-0.25, -0.2) is 9.97 Å². The Kier molecular flexibility index (Phi) is 3.98. The largest absolute Gasteiger partial charge is 0.341 e. The molecule has 2 aliphatic rings. The van der Waals surface area contributed by atoms with Crippen LogP contribution >= 0.6 is 0 Å². The molecule has 1 aliphatic carbocycles. The molecule has 1 saturated heterocycles. The van der Waals surface area contributed by atoms with Crippen LogP contribution in [-0.4, -0.2) is 38.4 Å². The van der Waals surface area contributed by atoms with Gasteiger partial charge in [0.25, 0.3) is 0 Å². The molecule has 4 rings (SSSR count). The van der Waals surface area contributed by atoms with Crippen molar-refractivity contribution >= 4 is 22.9 Å². The summed E-state index contributed by atoms with van der Waals surface area (Å²) in [6.45, 7) is 4.04. The van der Waals surface area contributed by atoms with Crippen molar-refractivity contribution in [3.8, 4) is 0 Å². The van der Waals surface area contributed by atoms with Crippen LogP contribution in [-0.2, 0) is 11.8 Å². The number of aryl methyl sites for hydroxylation is 2. The van der Waals surface area contributed by atoms with Crippen molar-refractivity contribution in [2.24, 2.45) is 18.9 Å². The van der Waals surface area contributed by atoms with Crippen molar-refractivity contribution in [3.05, 3.63) is 12.0 Å². The van der Waals surface area contributed by atoms with Gasteiger partial charge < -0.3 is 9.47 Å². The SMILES string of the molecule is Cc1nc(N2CCC(C3CCC(=O)CC3)CC2)nc2ncn(C)c12. The molecule has 0 aromatic carbocycles. The Morgan fingerprint density at radius 1 is 1.04 bits per heavy atom. The zero-order valence-electron chi connectivity index (χ0n) is 14.5. The van der Waals surface area contributed by atoms with E-state index in [2.05, 4.69) is 14.9 Å². The molecule has 0 spiro atoms. The Labute approximate surface area is 142 Å².